The topological polar surface area (TPSA) is 59.3 Å². The van der Waals surface area contributed by atoms with Crippen LogP contribution in [-0.2, 0) is 10.0 Å². The maximum atomic E-state index is 13.8. The number of fused-ring (bicyclic) bond motifs is 1. The summed E-state index contributed by atoms with van der Waals surface area (Å²) in [6, 6.07) is 9.39. The molecule has 0 spiro atoms. The van der Waals surface area contributed by atoms with Crippen LogP contribution in [-0.4, -0.2) is 8.42 Å². The van der Waals surface area contributed by atoms with Gasteiger partial charge in [-0.1, -0.05) is 24.3 Å². The van der Waals surface area contributed by atoms with Gasteiger partial charge in [0.05, 0.1) is 6.04 Å². The van der Waals surface area contributed by atoms with Gasteiger partial charge in [0.1, 0.15) is 23.0 Å². The number of furan rings is 1. The molecule has 1 atom stereocenters. The zero-order chi connectivity index (χ0) is 17.5. The number of benzene rings is 2. The van der Waals surface area contributed by atoms with E-state index in [-0.39, 0.29) is 0 Å². The summed E-state index contributed by atoms with van der Waals surface area (Å²) >= 11 is 0. The van der Waals surface area contributed by atoms with E-state index >= 15 is 0 Å². The standard InChI is InChI=1S/C17H15F2NO3S/c1-10-12-6-3-4-9-15(12)23-16(10)11(2)20-24(21,22)17-13(18)7-5-8-14(17)19/h3-9,11,20H,1-2H3. The van der Waals surface area contributed by atoms with E-state index < -0.39 is 32.6 Å². The van der Waals surface area contributed by atoms with Gasteiger partial charge in [-0.25, -0.2) is 21.9 Å². The first-order valence-corrected chi connectivity index (χ1v) is 8.74. The Labute approximate surface area is 138 Å². The molecule has 7 heteroatoms. The second kappa shape index (κ2) is 5.99. The minimum Gasteiger partial charge on any atom is -0.459 e. The Bertz CT molecular complexity index is 992. The van der Waals surface area contributed by atoms with Gasteiger partial charge in [0.25, 0.3) is 0 Å². The monoisotopic (exact) mass is 351 g/mol. The highest BCUT2D eigenvalue weighted by molar-refractivity contribution is 7.89. The van der Waals surface area contributed by atoms with E-state index in [1.54, 1.807) is 26.0 Å². The van der Waals surface area contributed by atoms with Gasteiger partial charge in [-0.05, 0) is 32.0 Å². The molecule has 4 nitrogen and oxygen atoms in total. The molecule has 1 unspecified atom stereocenters. The van der Waals surface area contributed by atoms with Gasteiger partial charge in [-0.15, -0.1) is 0 Å². The lowest BCUT2D eigenvalue weighted by Crippen LogP contribution is -2.28. The van der Waals surface area contributed by atoms with Crippen molar-refractivity contribution in [1.29, 1.82) is 0 Å². The van der Waals surface area contributed by atoms with E-state index in [0.717, 1.165) is 29.1 Å². The summed E-state index contributed by atoms with van der Waals surface area (Å²) < 4.78 is 60.2. The fourth-order valence-corrected chi connectivity index (χ4v) is 4.03. The van der Waals surface area contributed by atoms with Crippen molar-refractivity contribution in [2.75, 3.05) is 0 Å². The van der Waals surface area contributed by atoms with Crippen LogP contribution in [0.15, 0.2) is 51.8 Å². The van der Waals surface area contributed by atoms with E-state index in [1.165, 1.54) is 0 Å². The number of sulfonamides is 1. The molecule has 0 radical (unpaired) electrons. The van der Waals surface area contributed by atoms with Crippen molar-refractivity contribution < 1.29 is 21.6 Å². The summed E-state index contributed by atoms with van der Waals surface area (Å²) in [5, 5.41) is 0.857. The summed E-state index contributed by atoms with van der Waals surface area (Å²) in [7, 11) is -4.38. The molecule has 0 saturated carbocycles. The van der Waals surface area contributed by atoms with E-state index in [0.29, 0.717) is 11.3 Å². The fraction of sp³-hybridized carbons (Fsp3) is 0.176. The maximum absolute atomic E-state index is 13.8. The second-order valence-electron chi connectivity index (χ2n) is 5.48. The van der Waals surface area contributed by atoms with Gasteiger partial charge in [-0.3, -0.25) is 0 Å². The van der Waals surface area contributed by atoms with Crippen LogP contribution in [0.3, 0.4) is 0 Å². The fourth-order valence-electron chi connectivity index (χ4n) is 2.69. The Morgan fingerprint density at radius 3 is 2.29 bits per heavy atom. The van der Waals surface area contributed by atoms with Crippen LogP contribution in [0, 0.1) is 18.6 Å². The van der Waals surface area contributed by atoms with E-state index in [2.05, 4.69) is 4.72 Å². The number of hydrogen-bond donors (Lipinski definition) is 1. The first-order chi connectivity index (χ1) is 11.3. The summed E-state index contributed by atoms with van der Waals surface area (Å²) in [5.41, 5.74) is 1.39. The zero-order valence-electron chi connectivity index (χ0n) is 13.0. The highest BCUT2D eigenvalue weighted by atomic mass is 32.2. The average molecular weight is 351 g/mol. The molecule has 0 fully saturated rings. The third-order valence-electron chi connectivity index (χ3n) is 3.79. The molecule has 0 aliphatic heterocycles. The molecule has 1 N–H and O–H groups in total. The average Bonchev–Trinajstić information content (AvgIpc) is 2.84. The number of para-hydroxylation sites is 1. The van der Waals surface area contributed by atoms with Crippen molar-refractivity contribution in [3.8, 4) is 0 Å². The van der Waals surface area contributed by atoms with Gasteiger partial charge in [-0.2, -0.15) is 0 Å². The van der Waals surface area contributed by atoms with E-state index in [4.69, 9.17) is 4.42 Å². The van der Waals surface area contributed by atoms with Gasteiger partial charge in [0, 0.05) is 10.9 Å². The smallest absolute Gasteiger partial charge is 0.247 e. The molecule has 24 heavy (non-hydrogen) atoms. The first kappa shape index (κ1) is 16.6. The van der Waals surface area contributed by atoms with Crippen LogP contribution >= 0.6 is 0 Å². The number of rotatable bonds is 4. The lowest BCUT2D eigenvalue weighted by Gasteiger charge is -2.14. The van der Waals surface area contributed by atoms with Gasteiger partial charge in [0.15, 0.2) is 4.90 Å². The molecular formula is C17H15F2NO3S. The van der Waals surface area contributed by atoms with Gasteiger partial charge >= 0.3 is 0 Å². The molecule has 0 bridgehead atoms. The van der Waals surface area contributed by atoms with Crippen molar-refractivity contribution in [2.45, 2.75) is 24.8 Å². The van der Waals surface area contributed by atoms with Crippen molar-refractivity contribution >= 4 is 21.0 Å². The molecule has 0 saturated heterocycles. The molecule has 0 aliphatic carbocycles. The molecule has 126 valence electrons. The molecule has 0 amide bonds. The minimum absolute atomic E-state index is 0.400. The van der Waals surface area contributed by atoms with Crippen LogP contribution < -0.4 is 4.72 Å². The highest BCUT2D eigenvalue weighted by Gasteiger charge is 2.28. The van der Waals surface area contributed by atoms with Gasteiger partial charge in [0.2, 0.25) is 10.0 Å². The molecule has 1 heterocycles. The highest BCUT2D eigenvalue weighted by Crippen LogP contribution is 2.30. The van der Waals surface area contributed by atoms with Crippen LogP contribution in [0.25, 0.3) is 11.0 Å². The Balaban J connectivity index is 1.99. The van der Waals surface area contributed by atoms with Crippen LogP contribution in [0.2, 0.25) is 0 Å². The summed E-state index contributed by atoms with van der Waals surface area (Å²) in [5.74, 6) is -1.89. The summed E-state index contributed by atoms with van der Waals surface area (Å²) in [6.07, 6.45) is 0. The molecule has 3 aromatic rings. The Hall–Kier alpha value is -2.25. The number of hydrogen-bond acceptors (Lipinski definition) is 3. The normalized spacial score (nSPS) is 13.3. The number of nitrogens with one attached hydrogen (secondary N) is 1. The van der Waals surface area contributed by atoms with Gasteiger partial charge < -0.3 is 4.42 Å². The van der Waals surface area contributed by atoms with Crippen LogP contribution in [0.1, 0.15) is 24.3 Å². The molecular weight excluding hydrogens is 336 g/mol. The predicted octanol–water partition coefficient (Wildman–Crippen LogP) is 4.06. The Kier molecular flexibility index (Phi) is 4.15. The van der Waals surface area contributed by atoms with Crippen LogP contribution in [0.5, 0.6) is 0 Å². The summed E-state index contributed by atoms with van der Waals surface area (Å²) in [6.45, 7) is 3.36. The summed E-state index contributed by atoms with van der Waals surface area (Å²) in [4.78, 5) is -0.995. The SMILES string of the molecule is Cc1c(C(C)NS(=O)(=O)c2c(F)cccc2F)oc2ccccc12. The second-order valence-corrected chi connectivity index (χ2v) is 7.13. The van der Waals surface area contributed by atoms with Crippen LogP contribution in [0.4, 0.5) is 8.78 Å². The molecule has 2 aromatic carbocycles. The van der Waals surface area contributed by atoms with Crippen molar-refractivity contribution in [3.05, 3.63) is 65.4 Å². The molecule has 1 aromatic heterocycles. The van der Waals surface area contributed by atoms with E-state index in [9.17, 15) is 17.2 Å². The van der Waals surface area contributed by atoms with Crippen molar-refractivity contribution in [3.63, 3.8) is 0 Å². The third-order valence-corrected chi connectivity index (χ3v) is 5.38. The minimum atomic E-state index is -4.38. The molecule has 3 rings (SSSR count). The lowest BCUT2D eigenvalue weighted by molar-refractivity contribution is 0.473. The number of aryl methyl sites for hydroxylation is 1. The largest absolute Gasteiger partial charge is 0.459 e. The lowest BCUT2D eigenvalue weighted by atomic mass is 10.1. The number of halogens is 2. The predicted molar refractivity (Wildman–Crippen MR) is 86.0 cm³/mol. The molecule has 0 aliphatic rings. The third kappa shape index (κ3) is 2.81. The van der Waals surface area contributed by atoms with E-state index in [1.807, 2.05) is 12.1 Å². The Morgan fingerprint density at radius 2 is 1.67 bits per heavy atom. The van der Waals surface area contributed by atoms with Crippen molar-refractivity contribution in [1.82, 2.24) is 4.72 Å². The van der Waals surface area contributed by atoms with Crippen molar-refractivity contribution in [2.24, 2.45) is 0 Å². The quantitative estimate of drug-likeness (QED) is 0.771. The maximum Gasteiger partial charge on any atom is 0.247 e. The zero-order valence-corrected chi connectivity index (χ0v) is 13.8. The Morgan fingerprint density at radius 1 is 1.04 bits per heavy atom. The first-order valence-electron chi connectivity index (χ1n) is 7.25.